The normalized spacial score (nSPS) is 12.5. The van der Waals surface area contributed by atoms with Gasteiger partial charge in [-0.15, -0.1) is 0 Å². The van der Waals surface area contributed by atoms with Gasteiger partial charge in [0.1, 0.15) is 0 Å². The lowest BCUT2D eigenvalue weighted by atomic mass is 9.89. The SMILES string of the molecule is Cc1ccc(Cl)cc1C(c1c(C(C)C)nn(C(C)C)c1C)N(C=O)c1cccc(Cl)c1F. The number of halogens is 3. The zero-order valence-corrected chi connectivity index (χ0v) is 20.7. The Kier molecular flexibility index (Phi) is 7.31. The summed E-state index contributed by atoms with van der Waals surface area (Å²) in [7, 11) is 0. The van der Waals surface area contributed by atoms with Crippen LogP contribution in [0.25, 0.3) is 0 Å². The van der Waals surface area contributed by atoms with Crippen LogP contribution in [-0.2, 0) is 4.79 Å². The van der Waals surface area contributed by atoms with Gasteiger partial charge in [0, 0.05) is 22.3 Å². The van der Waals surface area contributed by atoms with Crippen molar-refractivity contribution in [2.45, 2.75) is 59.5 Å². The lowest BCUT2D eigenvalue weighted by Crippen LogP contribution is -2.31. The molecule has 1 amide bonds. The standard InChI is InChI=1S/C25H28Cl2FN3O/c1-14(2)24-22(17(6)31(29-24)15(3)4)25(19-12-18(26)11-10-16(19)5)30(13-32)21-9-7-8-20(27)23(21)28/h7-15,25H,1-6H3. The fraction of sp³-hybridized carbons (Fsp3) is 0.360. The van der Waals surface area contributed by atoms with E-state index in [2.05, 4.69) is 27.7 Å². The maximum absolute atomic E-state index is 15.1. The molecular formula is C25H28Cl2FN3O. The number of amides is 1. The molecule has 3 rings (SSSR count). The number of aromatic nitrogens is 2. The van der Waals surface area contributed by atoms with E-state index in [-0.39, 0.29) is 22.7 Å². The van der Waals surface area contributed by atoms with Crippen LogP contribution >= 0.6 is 23.2 Å². The van der Waals surface area contributed by atoms with E-state index >= 15 is 4.39 Å². The quantitative estimate of drug-likeness (QED) is 0.333. The Morgan fingerprint density at radius 1 is 1.09 bits per heavy atom. The molecule has 0 spiro atoms. The average Bonchev–Trinajstić information content (AvgIpc) is 3.08. The van der Waals surface area contributed by atoms with E-state index in [9.17, 15) is 4.79 Å². The Hall–Kier alpha value is -2.37. The number of benzene rings is 2. The molecule has 1 heterocycles. The molecule has 1 aromatic heterocycles. The summed E-state index contributed by atoms with van der Waals surface area (Å²) in [4.78, 5) is 13.9. The van der Waals surface area contributed by atoms with Crippen molar-refractivity contribution in [2.75, 3.05) is 4.90 Å². The first-order valence-corrected chi connectivity index (χ1v) is 11.4. The average molecular weight is 476 g/mol. The van der Waals surface area contributed by atoms with Crippen LogP contribution in [0.15, 0.2) is 36.4 Å². The molecule has 3 aromatic rings. The first kappa shape index (κ1) is 24.3. The minimum Gasteiger partial charge on any atom is -0.300 e. The lowest BCUT2D eigenvalue weighted by Gasteiger charge is -2.32. The van der Waals surface area contributed by atoms with Gasteiger partial charge in [-0.1, -0.05) is 49.2 Å². The van der Waals surface area contributed by atoms with Crippen molar-refractivity contribution < 1.29 is 9.18 Å². The van der Waals surface area contributed by atoms with Crippen LogP contribution in [0.5, 0.6) is 0 Å². The molecule has 2 aromatic carbocycles. The maximum Gasteiger partial charge on any atom is 0.215 e. The molecule has 0 fully saturated rings. The van der Waals surface area contributed by atoms with Gasteiger partial charge in [-0.2, -0.15) is 5.10 Å². The molecule has 32 heavy (non-hydrogen) atoms. The van der Waals surface area contributed by atoms with Crippen LogP contribution in [0.4, 0.5) is 10.1 Å². The van der Waals surface area contributed by atoms with Gasteiger partial charge in [0.15, 0.2) is 5.82 Å². The molecule has 0 saturated heterocycles. The van der Waals surface area contributed by atoms with E-state index in [0.717, 1.165) is 28.1 Å². The van der Waals surface area contributed by atoms with E-state index in [1.165, 1.54) is 11.0 Å². The third kappa shape index (κ3) is 4.41. The number of nitrogens with zero attached hydrogens (tertiary/aromatic N) is 3. The molecule has 0 aliphatic carbocycles. The maximum atomic E-state index is 15.1. The zero-order chi connectivity index (χ0) is 23.7. The van der Waals surface area contributed by atoms with Gasteiger partial charge < -0.3 is 4.90 Å². The first-order valence-electron chi connectivity index (χ1n) is 10.6. The number of carbonyl (C=O) groups is 1. The number of aryl methyl sites for hydroxylation is 1. The fourth-order valence-electron chi connectivity index (χ4n) is 4.12. The van der Waals surface area contributed by atoms with Gasteiger partial charge in [0.05, 0.1) is 22.4 Å². The van der Waals surface area contributed by atoms with Crippen molar-refractivity contribution >= 4 is 35.3 Å². The second kappa shape index (κ2) is 9.63. The van der Waals surface area contributed by atoms with Crippen LogP contribution in [0.2, 0.25) is 10.0 Å². The summed E-state index contributed by atoms with van der Waals surface area (Å²) in [6.45, 7) is 12.2. The fourth-order valence-corrected chi connectivity index (χ4v) is 4.47. The Morgan fingerprint density at radius 3 is 2.38 bits per heavy atom. The molecule has 1 unspecified atom stereocenters. The van der Waals surface area contributed by atoms with Crippen LogP contribution in [-0.4, -0.2) is 16.2 Å². The van der Waals surface area contributed by atoms with Crippen molar-refractivity contribution in [3.63, 3.8) is 0 Å². The summed E-state index contributed by atoms with van der Waals surface area (Å²) in [5.74, 6) is -0.561. The summed E-state index contributed by atoms with van der Waals surface area (Å²) in [5.41, 5.74) is 4.48. The van der Waals surface area contributed by atoms with Gasteiger partial charge in [0.2, 0.25) is 6.41 Å². The Balaban J connectivity index is 2.41. The highest BCUT2D eigenvalue weighted by molar-refractivity contribution is 6.31. The lowest BCUT2D eigenvalue weighted by molar-refractivity contribution is -0.107. The summed E-state index contributed by atoms with van der Waals surface area (Å²) < 4.78 is 17.1. The van der Waals surface area contributed by atoms with Crippen molar-refractivity contribution in [1.82, 2.24) is 9.78 Å². The van der Waals surface area contributed by atoms with E-state index in [1.54, 1.807) is 18.2 Å². The van der Waals surface area contributed by atoms with Crippen LogP contribution in [0, 0.1) is 19.7 Å². The largest absolute Gasteiger partial charge is 0.300 e. The second-order valence-corrected chi connectivity index (χ2v) is 9.41. The monoisotopic (exact) mass is 475 g/mol. The Morgan fingerprint density at radius 2 is 1.78 bits per heavy atom. The van der Waals surface area contributed by atoms with Crippen LogP contribution in [0.1, 0.15) is 73.8 Å². The predicted octanol–water partition coefficient (Wildman–Crippen LogP) is 7.40. The van der Waals surface area contributed by atoms with E-state index in [4.69, 9.17) is 28.3 Å². The second-order valence-electron chi connectivity index (χ2n) is 8.57. The van der Waals surface area contributed by atoms with E-state index < -0.39 is 11.9 Å². The predicted molar refractivity (Wildman–Crippen MR) is 129 cm³/mol. The molecule has 0 aliphatic rings. The molecular weight excluding hydrogens is 448 g/mol. The van der Waals surface area contributed by atoms with Gasteiger partial charge in [0.25, 0.3) is 0 Å². The van der Waals surface area contributed by atoms with Gasteiger partial charge in [-0.3, -0.25) is 9.48 Å². The number of rotatable bonds is 7. The Labute approximate surface area is 198 Å². The number of anilines is 1. The number of hydrogen-bond donors (Lipinski definition) is 0. The summed E-state index contributed by atoms with van der Waals surface area (Å²) >= 11 is 12.4. The summed E-state index contributed by atoms with van der Waals surface area (Å²) in [6, 6.07) is 9.67. The van der Waals surface area contributed by atoms with Gasteiger partial charge in [-0.05, 0) is 69.0 Å². The van der Waals surface area contributed by atoms with Gasteiger partial charge in [-0.25, -0.2) is 4.39 Å². The molecule has 7 heteroatoms. The molecule has 0 saturated carbocycles. The highest BCUT2D eigenvalue weighted by Gasteiger charge is 2.33. The van der Waals surface area contributed by atoms with Crippen molar-refractivity contribution in [3.8, 4) is 0 Å². The third-order valence-corrected chi connectivity index (χ3v) is 6.20. The molecule has 4 nitrogen and oxygen atoms in total. The number of hydrogen-bond acceptors (Lipinski definition) is 2. The van der Waals surface area contributed by atoms with Gasteiger partial charge >= 0.3 is 0 Å². The molecule has 0 radical (unpaired) electrons. The molecule has 1 atom stereocenters. The highest BCUT2D eigenvalue weighted by Crippen LogP contribution is 2.41. The molecule has 0 N–H and O–H groups in total. The zero-order valence-electron chi connectivity index (χ0n) is 19.2. The van der Waals surface area contributed by atoms with E-state index in [0.29, 0.717) is 11.4 Å². The van der Waals surface area contributed by atoms with Crippen LogP contribution in [0.3, 0.4) is 0 Å². The van der Waals surface area contributed by atoms with E-state index in [1.807, 2.05) is 30.7 Å². The first-order chi connectivity index (χ1) is 15.1. The smallest absolute Gasteiger partial charge is 0.215 e. The summed E-state index contributed by atoms with van der Waals surface area (Å²) in [5, 5.41) is 5.37. The minimum absolute atomic E-state index is 0.0467. The Bertz CT molecular complexity index is 1140. The third-order valence-electron chi connectivity index (χ3n) is 5.67. The number of carbonyl (C=O) groups excluding carboxylic acids is 1. The molecule has 0 aliphatic heterocycles. The highest BCUT2D eigenvalue weighted by atomic mass is 35.5. The molecule has 170 valence electrons. The minimum atomic E-state index is -0.647. The summed E-state index contributed by atoms with van der Waals surface area (Å²) in [6.07, 6.45) is 0.649. The molecule has 0 bridgehead atoms. The van der Waals surface area contributed by atoms with Crippen molar-refractivity contribution in [3.05, 3.63) is 80.3 Å². The topological polar surface area (TPSA) is 38.1 Å². The van der Waals surface area contributed by atoms with Crippen molar-refractivity contribution in [1.29, 1.82) is 0 Å². The van der Waals surface area contributed by atoms with Crippen LogP contribution < -0.4 is 4.90 Å². The van der Waals surface area contributed by atoms with Crippen molar-refractivity contribution in [2.24, 2.45) is 0 Å².